The Morgan fingerprint density at radius 3 is 2.54 bits per heavy atom. The molecule has 1 aliphatic heterocycles. The number of amides is 1. The van der Waals surface area contributed by atoms with Gasteiger partial charge in [-0.2, -0.15) is 13.2 Å². The molecular weight excluding hydrogens is 368 g/mol. The molecule has 5 nitrogen and oxygen atoms in total. The van der Waals surface area contributed by atoms with E-state index in [4.69, 9.17) is 5.73 Å². The van der Waals surface area contributed by atoms with Crippen molar-refractivity contribution in [1.82, 2.24) is 0 Å². The Morgan fingerprint density at radius 1 is 1.31 bits per heavy atom. The second kappa shape index (κ2) is 5.78. The van der Waals surface area contributed by atoms with Gasteiger partial charge in [-0.3, -0.25) is 4.79 Å². The lowest BCUT2D eigenvalue weighted by molar-refractivity contribution is -0.189. The van der Waals surface area contributed by atoms with Gasteiger partial charge in [0.1, 0.15) is 11.2 Å². The van der Waals surface area contributed by atoms with Crippen molar-refractivity contribution in [2.75, 3.05) is 11.9 Å². The van der Waals surface area contributed by atoms with Crippen molar-refractivity contribution >= 4 is 17.6 Å². The molecule has 1 aliphatic carbocycles. The second-order valence-electron chi connectivity index (χ2n) is 6.19. The zero-order chi connectivity index (χ0) is 19.3. The molecule has 2 aliphatic rings. The number of rotatable bonds is 3. The van der Waals surface area contributed by atoms with Gasteiger partial charge in [-0.05, 0) is 31.0 Å². The number of carbonyl (C=O) groups is 1. The first kappa shape index (κ1) is 18.3. The summed E-state index contributed by atoms with van der Waals surface area (Å²) in [6.45, 7) is -1.12. The number of amidine groups is 1. The number of nitrogens with two attached hydrogens (primary N) is 1. The van der Waals surface area contributed by atoms with Gasteiger partial charge in [0.15, 0.2) is 12.6 Å². The van der Waals surface area contributed by atoms with Gasteiger partial charge in [0.25, 0.3) is 6.02 Å². The number of benzene rings is 1. The third kappa shape index (κ3) is 3.06. The molecule has 0 saturated heterocycles. The smallest absolute Gasteiger partial charge is 0.403 e. The molecule has 3 N–H and O–H groups in total. The van der Waals surface area contributed by atoms with E-state index in [1.54, 1.807) is 0 Å². The van der Waals surface area contributed by atoms with Crippen LogP contribution < -0.4 is 11.1 Å². The van der Waals surface area contributed by atoms with Crippen LogP contribution in [-0.4, -0.2) is 30.6 Å². The van der Waals surface area contributed by atoms with Gasteiger partial charge in [-0.25, -0.2) is 18.2 Å². The first-order valence-electron chi connectivity index (χ1n) is 7.48. The Bertz CT molecular complexity index is 773. The van der Waals surface area contributed by atoms with Crippen LogP contribution in [-0.2, 0) is 9.53 Å². The number of carbonyl (C=O) groups excluding carboxylic acids is 1. The summed E-state index contributed by atoms with van der Waals surface area (Å²) in [6.07, 6.45) is -5.46. The Labute approximate surface area is 143 Å². The van der Waals surface area contributed by atoms with E-state index >= 15 is 0 Å². The number of hydrogen-bond acceptors (Lipinski definition) is 4. The molecule has 1 aromatic rings. The van der Waals surface area contributed by atoms with Gasteiger partial charge in [0.2, 0.25) is 5.91 Å². The summed E-state index contributed by atoms with van der Waals surface area (Å²) >= 11 is 0. The maximum absolute atomic E-state index is 14.0. The summed E-state index contributed by atoms with van der Waals surface area (Å²) < 4.78 is 85.3. The molecule has 0 bridgehead atoms. The van der Waals surface area contributed by atoms with E-state index in [0.717, 1.165) is 18.2 Å². The monoisotopic (exact) mass is 381 g/mol. The van der Waals surface area contributed by atoms with Crippen molar-refractivity contribution in [1.29, 1.82) is 0 Å². The van der Waals surface area contributed by atoms with E-state index in [9.17, 15) is 31.1 Å². The fourth-order valence-corrected chi connectivity index (χ4v) is 2.65. The van der Waals surface area contributed by atoms with Crippen LogP contribution in [0.3, 0.4) is 0 Å². The van der Waals surface area contributed by atoms with Crippen molar-refractivity contribution < 1.29 is 35.9 Å². The molecule has 0 radical (unpaired) electrons. The first-order chi connectivity index (χ1) is 12.0. The summed E-state index contributed by atoms with van der Waals surface area (Å²) in [6, 6.07) is -0.0296. The minimum absolute atomic E-state index is 0.252. The molecule has 1 unspecified atom stereocenters. The van der Waals surface area contributed by atoms with Crippen LogP contribution in [0, 0.1) is 11.2 Å². The van der Waals surface area contributed by atoms with E-state index in [1.807, 2.05) is 5.32 Å². The van der Waals surface area contributed by atoms with Gasteiger partial charge in [0.05, 0.1) is 0 Å². The highest BCUT2D eigenvalue weighted by atomic mass is 19.4. The van der Waals surface area contributed by atoms with Crippen LogP contribution in [0.1, 0.15) is 24.4 Å². The van der Waals surface area contributed by atoms with Crippen LogP contribution in [0.25, 0.3) is 0 Å². The predicted molar refractivity (Wildman–Crippen MR) is 78.0 cm³/mol. The molecule has 3 rings (SSSR count). The third-order valence-electron chi connectivity index (χ3n) is 4.34. The quantitative estimate of drug-likeness (QED) is 0.790. The SMILES string of the molecule is NC1=NC(c2cc(NC(=O)C3(C(F)(F)F)CC3)ccc2F)C(F)(F)CO1. The Balaban J connectivity index is 1.89. The molecule has 26 heavy (non-hydrogen) atoms. The van der Waals surface area contributed by atoms with Crippen LogP contribution in [0.15, 0.2) is 23.2 Å². The van der Waals surface area contributed by atoms with Crippen molar-refractivity contribution in [3.05, 3.63) is 29.6 Å². The molecule has 1 aromatic carbocycles. The lowest BCUT2D eigenvalue weighted by atomic mass is 9.99. The topological polar surface area (TPSA) is 76.7 Å². The van der Waals surface area contributed by atoms with Crippen LogP contribution in [0.5, 0.6) is 0 Å². The lowest BCUT2D eigenvalue weighted by Gasteiger charge is -2.28. The number of ether oxygens (including phenoxy) is 1. The average molecular weight is 381 g/mol. The molecule has 0 spiro atoms. The molecular formula is C15H13F6N3O2. The highest BCUT2D eigenvalue weighted by molar-refractivity contribution is 5.97. The standard InChI is InChI=1S/C15H13F6N3O2/c16-9-2-1-7(23-11(25)13(3-4-13)15(19,20)21)5-8(9)10-14(17,18)6-26-12(22)24-10/h1-2,5,10H,3-4,6H2,(H2,22,24)(H,23,25). The summed E-state index contributed by atoms with van der Waals surface area (Å²) in [5, 5.41) is 2.02. The zero-order valence-corrected chi connectivity index (χ0v) is 13.0. The summed E-state index contributed by atoms with van der Waals surface area (Å²) in [4.78, 5) is 15.3. The van der Waals surface area contributed by atoms with Crippen LogP contribution in [0.2, 0.25) is 0 Å². The minimum atomic E-state index is -4.73. The number of nitrogens with zero attached hydrogens (tertiary/aromatic N) is 1. The molecule has 1 saturated carbocycles. The highest BCUT2D eigenvalue weighted by Gasteiger charge is 2.68. The predicted octanol–water partition coefficient (Wildman–Crippen LogP) is 3.13. The average Bonchev–Trinajstić information content (AvgIpc) is 3.33. The summed E-state index contributed by atoms with van der Waals surface area (Å²) in [7, 11) is 0. The number of aliphatic imine (C=N–C) groups is 1. The Kier molecular flexibility index (Phi) is 4.08. The molecule has 142 valence electrons. The second-order valence-corrected chi connectivity index (χ2v) is 6.19. The summed E-state index contributed by atoms with van der Waals surface area (Å²) in [5.41, 5.74) is 1.88. The summed E-state index contributed by atoms with van der Waals surface area (Å²) in [5.74, 6) is -5.97. The van der Waals surface area contributed by atoms with Crippen LogP contribution >= 0.6 is 0 Å². The molecule has 1 heterocycles. The van der Waals surface area contributed by atoms with Crippen LogP contribution in [0.4, 0.5) is 32.0 Å². The van der Waals surface area contributed by atoms with Gasteiger partial charge in [-0.1, -0.05) is 0 Å². The molecule has 0 aromatic heterocycles. The van der Waals surface area contributed by atoms with E-state index in [0.29, 0.717) is 0 Å². The van der Waals surface area contributed by atoms with Gasteiger partial charge in [0, 0.05) is 11.3 Å². The van der Waals surface area contributed by atoms with Gasteiger partial charge < -0.3 is 15.8 Å². The number of alkyl halides is 5. The number of hydrogen-bond donors (Lipinski definition) is 2. The van der Waals surface area contributed by atoms with Gasteiger partial charge in [-0.15, -0.1) is 0 Å². The largest absolute Gasteiger partial charge is 0.459 e. The van der Waals surface area contributed by atoms with E-state index in [2.05, 4.69) is 9.73 Å². The highest BCUT2D eigenvalue weighted by Crippen LogP contribution is 2.58. The van der Waals surface area contributed by atoms with E-state index in [1.165, 1.54) is 0 Å². The lowest BCUT2D eigenvalue weighted by Crippen LogP contribution is -2.40. The fourth-order valence-electron chi connectivity index (χ4n) is 2.65. The first-order valence-corrected chi connectivity index (χ1v) is 7.48. The van der Waals surface area contributed by atoms with Crippen molar-refractivity contribution in [2.45, 2.75) is 31.0 Å². The maximum atomic E-state index is 14.0. The van der Waals surface area contributed by atoms with Crippen molar-refractivity contribution in [3.8, 4) is 0 Å². The zero-order valence-electron chi connectivity index (χ0n) is 13.0. The number of halogens is 6. The maximum Gasteiger partial charge on any atom is 0.403 e. The Hall–Kier alpha value is -2.46. The van der Waals surface area contributed by atoms with Crippen molar-refractivity contribution in [3.63, 3.8) is 0 Å². The molecule has 1 atom stereocenters. The molecule has 1 fully saturated rings. The fraction of sp³-hybridized carbons (Fsp3) is 0.467. The molecule has 11 heteroatoms. The van der Waals surface area contributed by atoms with Gasteiger partial charge >= 0.3 is 12.1 Å². The minimum Gasteiger partial charge on any atom is -0.459 e. The normalized spacial score (nSPS) is 23.6. The van der Waals surface area contributed by atoms with Crippen molar-refractivity contribution in [2.24, 2.45) is 16.1 Å². The number of anilines is 1. The number of nitrogens with one attached hydrogen (secondary N) is 1. The van der Waals surface area contributed by atoms with E-state index in [-0.39, 0.29) is 18.5 Å². The van der Waals surface area contributed by atoms with E-state index < -0.39 is 53.5 Å². The Morgan fingerprint density at radius 2 is 1.96 bits per heavy atom. The molecule has 1 amide bonds. The third-order valence-corrected chi connectivity index (χ3v) is 4.34.